The van der Waals surface area contributed by atoms with E-state index in [4.69, 9.17) is 0 Å². The number of rotatable bonds is 3. The SMILES string of the molecule is Cc1c(C(C)Nc2nc3nncn3c3ccc(Br)cc23)cccc1C(F)(F)F. The standard InChI is InChI=1S/C19H15BrF3N5/c1-10-13(4-3-5-15(10)19(21,22)23)11(2)25-17-14-8-12(20)6-7-16(14)28-9-24-27-18(28)26-17/h3-9,11H,1-2H3,(H,25,26,27). The fourth-order valence-electron chi connectivity index (χ4n) is 3.37. The third-order valence-electron chi connectivity index (χ3n) is 4.72. The van der Waals surface area contributed by atoms with Crippen LogP contribution in [0.15, 0.2) is 47.2 Å². The summed E-state index contributed by atoms with van der Waals surface area (Å²) >= 11 is 3.45. The van der Waals surface area contributed by atoms with E-state index in [2.05, 4.69) is 36.4 Å². The molecule has 0 amide bonds. The number of hydrogen-bond acceptors (Lipinski definition) is 4. The van der Waals surface area contributed by atoms with Crippen LogP contribution in [-0.4, -0.2) is 19.6 Å². The molecule has 4 rings (SSSR count). The molecule has 0 saturated carbocycles. The van der Waals surface area contributed by atoms with Crippen molar-refractivity contribution in [2.45, 2.75) is 26.1 Å². The molecule has 0 bridgehead atoms. The van der Waals surface area contributed by atoms with Crippen LogP contribution in [0.5, 0.6) is 0 Å². The van der Waals surface area contributed by atoms with E-state index in [9.17, 15) is 13.2 Å². The molecule has 0 spiro atoms. The van der Waals surface area contributed by atoms with E-state index in [1.54, 1.807) is 16.8 Å². The maximum absolute atomic E-state index is 13.3. The Labute approximate surface area is 166 Å². The first-order valence-electron chi connectivity index (χ1n) is 8.48. The molecule has 1 N–H and O–H groups in total. The van der Waals surface area contributed by atoms with Crippen molar-refractivity contribution in [2.75, 3.05) is 5.32 Å². The minimum absolute atomic E-state index is 0.198. The molecule has 0 aliphatic heterocycles. The van der Waals surface area contributed by atoms with Crippen LogP contribution in [0.3, 0.4) is 0 Å². The highest BCUT2D eigenvalue weighted by atomic mass is 79.9. The Kier molecular flexibility index (Phi) is 4.49. The number of nitrogens with one attached hydrogen (secondary N) is 1. The van der Waals surface area contributed by atoms with Gasteiger partial charge in [0.25, 0.3) is 5.78 Å². The number of anilines is 1. The molecule has 144 valence electrons. The zero-order valence-electron chi connectivity index (χ0n) is 14.9. The molecule has 2 aromatic heterocycles. The summed E-state index contributed by atoms with van der Waals surface area (Å²) < 4.78 is 42.4. The molecule has 0 aliphatic carbocycles. The van der Waals surface area contributed by atoms with Gasteiger partial charge in [0.05, 0.1) is 17.1 Å². The number of halogens is 4. The van der Waals surface area contributed by atoms with Crippen LogP contribution in [0, 0.1) is 6.92 Å². The first-order valence-corrected chi connectivity index (χ1v) is 9.27. The molecule has 0 radical (unpaired) electrons. The van der Waals surface area contributed by atoms with Gasteiger partial charge in [-0.1, -0.05) is 28.1 Å². The molecule has 2 heterocycles. The van der Waals surface area contributed by atoms with Gasteiger partial charge in [0.15, 0.2) is 0 Å². The van der Waals surface area contributed by atoms with E-state index >= 15 is 0 Å². The van der Waals surface area contributed by atoms with Crippen molar-refractivity contribution in [3.05, 3.63) is 63.9 Å². The third kappa shape index (κ3) is 3.19. The van der Waals surface area contributed by atoms with Crippen molar-refractivity contribution in [3.8, 4) is 0 Å². The van der Waals surface area contributed by atoms with Gasteiger partial charge in [-0.05, 0) is 49.2 Å². The van der Waals surface area contributed by atoms with Crippen LogP contribution in [0.25, 0.3) is 16.7 Å². The van der Waals surface area contributed by atoms with Crippen LogP contribution < -0.4 is 5.32 Å². The molecule has 2 aromatic carbocycles. The summed E-state index contributed by atoms with van der Waals surface area (Å²) in [6.07, 6.45) is -2.82. The van der Waals surface area contributed by atoms with E-state index in [1.807, 2.05) is 25.1 Å². The Balaban J connectivity index is 1.81. The Morgan fingerprint density at radius 2 is 1.96 bits per heavy atom. The summed E-state index contributed by atoms with van der Waals surface area (Å²) in [5.41, 5.74) is 0.964. The summed E-state index contributed by atoms with van der Waals surface area (Å²) in [5, 5.41) is 11.9. The Hall–Kier alpha value is -2.68. The molecule has 0 fully saturated rings. The first-order chi connectivity index (χ1) is 13.3. The highest BCUT2D eigenvalue weighted by Gasteiger charge is 2.33. The molecule has 28 heavy (non-hydrogen) atoms. The lowest BCUT2D eigenvalue weighted by atomic mass is 9.97. The summed E-state index contributed by atoms with van der Waals surface area (Å²) in [4.78, 5) is 4.51. The quantitative estimate of drug-likeness (QED) is 0.446. The van der Waals surface area contributed by atoms with Crippen LogP contribution >= 0.6 is 15.9 Å². The van der Waals surface area contributed by atoms with Gasteiger partial charge in [-0.2, -0.15) is 18.2 Å². The van der Waals surface area contributed by atoms with Gasteiger partial charge in [0.2, 0.25) is 0 Å². The molecule has 0 saturated heterocycles. The maximum Gasteiger partial charge on any atom is 0.416 e. The molecule has 4 aromatic rings. The first kappa shape index (κ1) is 18.7. The second-order valence-corrected chi connectivity index (χ2v) is 7.42. The molecular formula is C19H15BrF3N5. The van der Waals surface area contributed by atoms with Gasteiger partial charge in [-0.3, -0.25) is 4.40 Å². The van der Waals surface area contributed by atoms with E-state index in [1.165, 1.54) is 13.0 Å². The molecule has 9 heteroatoms. The van der Waals surface area contributed by atoms with Gasteiger partial charge in [-0.15, -0.1) is 10.2 Å². The topological polar surface area (TPSA) is 55.1 Å². The molecule has 0 aliphatic rings. The Morgan fingerprint density at radius 1 is 1.18 bits per heavy atom. The zero-order valence-corrected chi connectivity index (χ0v) is 16.5. The second-order valence-electron chi connectivity index (χ2n) is 6.51. The van der Waals surface area contributed by atoms with Crippen molar-refractivity contribution < 1.29 is 13.2 Å². The average molecular weight is 450 g/mol. The minimum atomic E-state index is -4.39. The molecule has 5 nitrogen and oxygen atoms in total. The van der Waals surface area contributed by atoms with Crippen molar-refractivity contribution in [1.29, 1.82) is 0 Å². The van der Waals surface area contributed by atoms with Crippen LogP contribution in [0.2, 0.25) is 0 Å². The van der Waals surface area contributed by atoms with Gasteiger partial charge < -0.3 is 5.32 Å². The van der Waals surface area contributed by atoms with Crippen molar-refractivity contribution in [1.82, 2.24) is 19.6 Å². The predicted octanol–water partition coefficient (Wildman–Crippen LogP) is 5.54. The number of aromatic nitrogens is 4. The second kappa shape index (κ2) is 6.73. The van der Waals surface area contributed by atoms with Gasteiger partial charge in [0, 0.05) is 9.86 Å². The van der Waals surface area contributed by atoms with Crippen LogP contribution in [0.4, 0.5) is 19.0 Å². The summed E-state index contributed by atoms with van der Waals surface area (Å²) in [6.45, 7) is 3.29. The Morgan fingerprint density at radius 3 is 2.71 bits per heavy atom. The van der Waals surface area contributed by atoms with E-state index in [-0.39, 0.29) is 5.56 Å². The molecular weight excluding hydrogens is 435 g/mol. The lowest BCUT2D eigenvalue weighted by molar-refractivity contribution is -0.138. The normalized spacial score (nSPS) is 13.2. The zero-order chi connectivity index (χ0) is 20.1. The summed E-state index contributed by atoms with van der Waals surface area (Å²) in [6, 6.07) is 9.51. The monoisotopic (exact) mass is 449 g/mol. The smallest absolute Gasteiger partial charge is 0.363 e. The lowest BCUT2D eigenvalue weighted by Crippen LogP contribution is -2.14. The van der Waals surface area contributed by atoms with Crippen molar-refractivity contribution in [3.63, 3.8) is 0 Å². The van der Waals surface area contributed by atoms with E-state index in [0.717, 1.165) is 21.4 Å². The predicted molar refractivity (Wildman–Crippen MR) is 104 cm³/mol. The number of nitrogens with zero attached hydrogens (tertiary/aromatic N) is 4. The van der Waals surface area contributed by atoms with Crippen molar-refractivity contribution >= 4 is 38.4 Å². The van der Waals surface area contributed by atoms with Crippen molar-refractivity contribution in [2.24, 2.45) is 0 Å². The minimum Gasteiger partial charge on any atom is -0.363 e. The van der Waals surface area contributed by atoms with Gasteiger partial charge in [-0.25, -0.2) is 0 Å². The van der Waals surface area contributed by atoms with Crippen LogP contribution in [-0.2, 0) is 6.18 Å². The number of fused-ring (bicyclic) bond motifs is 3. The highest BCUT2D eigenvalue weighted by Crippen LogP contribution is 2.36. The largest absolute Gasteiger partial charge is 0.416 e. The third-order valence-corrected chi connectivity index (χ3v) is 5.21. The maximum atomic E-state index is 13.3. The lowest BCUT2D eigenvalue weighted by Gasteiger charge is -2.21. The number of benzene rings is 2. The van der Waals surface area contributed by atoms with E-state index in [0.29, 0.717) is 17.2 Å². The summed E-state index contributed by atoms with van der Waals surface area (Å²) in [5.74, 6) is 0.936. The average Bonchev–Trinajstić information content (AvgIpc) is 3.09. The van der Waals surface area contributed by atoms with E-state index < -0.39 is 17.8 Å². The number of alkyl halides is 3. The number of hydrogen-bond donors (Lipinski definition) is 1. The fourth-order valence-corrected chi connectivity index (χ4v) is 3.73. The van der Waals surface area contributed by atoms with Gasteiger partial charge >= 0.3 is 6.18 Å². The summed E-state index contributed by atoms with van der Waals surface area (Å²) in [7, 11) is 0. The fraction of sp³-hybridized carbons (Fsp3) is 0.211. The molecule has 1 atom stereocenters. The molecule has 1 unspecified atom stereocenters. The Bertz CT molecular complexity index is 1190. The highest BCUT2D eigenvalue weighted by molar-refractivity contribution is 9.10. The van der Waals surface area contributed by atoms with Gasteiger partial charge in [0.1, 0.15) is 12.1 Å². The van der Waals surface area contributed by atoms with Crippen LogP contribution in [0.1, 0.15) is 29.7 Å².